The van der Waals surface area contributed by atoms with Gasteiger partial charge in [0, 0.05) is 41.0 Å². The summed E-state index contributed by atoms with van der Waals surface area (Å²) in [4.78, 5) is 56.5. The molecule has 0 bridgehead atoms. The molecule has 2 amide bonds. The Bertz CT molecular complexity index is 3520. The van der Waals surface area contributed by atoms with Crippen molar-refractivity contribution in [3.63, 3.8) is 0 Å². The number of nitrogens with one attached hydrogen (secondary N) is 5. The van der Waals surface area contributed by atoms with Gasteiger partial charge >= 0.3 is 0 Å². The first kappa shape index (κ1) is 35.5. The first-order valence-electron chi connectivity index (χ1n) is 20.0. The Morgan fingerprint density at radius 2 is 1.24 bits per heavy atom. The van der Waals surface area contributed by atoms with Crippen LogP contribution in [0.2, 0.25) is 0 Å². The molecule has 0 aliphatic heterocycles. The highest BCUT2D eigenvalue weighted by Crippen LogP contribution is 2.49. The molecule has 5 N–H and O–H groups in total. The van der Waals surface area contributed by atoms with E-state index in [1.54, 1.807) is 36.8 Å². The van der Waals surface area contributed by atoms with Crippen LogP contribution in [-0.2, 0) is 0 Å². The predicted molar refractivity (Wildman–Crippen MR) is 233 cm³/mol. The number of nitrogens with zero attached hydrogens (tertiary/aromatic N) is 4. The van der Waals surface area contributed by atoms with Crippen molar-refractivity contribution in [2.75, 3.05) is 7.11 Å². The van der Waals surface area contributed by atoms with E-state index < -0.39 is 17.9 Å². The molecule has 2 aliphatic carbocycles. The molecule has 0 radical (unpaired) electrons. The molecule has 0 saturated heterocycles. The molecule has 298 valence electrons. The third-order valence-corrected chi connectivity index (χ3v) is 12.0. The van der Waals surface area contributed by atoms with Crippen LogP contribution >= 0.6 is 0 Å². The van der Waals surface area contributed by atoms with Crippen LogP contribution in [0, 0.1) is 5.82 Å². The molecule has 2 unspecified atom stereocenters. The minimum Gasteiger partial charge on any atom is -0.494 e. The van der Waals surface area contributed by atoms with Crippen molar-refractivity contribution in [1.29, 1.82) is 0 Å². The van der Waals surface area contributed by atoms with Gasteiger partial charge in [-0.3, -0.25) is 9.59 Å². The van der Waals surface area contributed by atoms with Crippen molar-refractivity contribution in [2.24, 2.45) is 0 Å². The van der Waals surface area contributed by atoms with Gasteiger partial charge in [-0.1, -0.05) is 84.9 Å². The number of methoxy groups -OCH3 is 1. The number of hydrogen-bond donors (Lipinski definition) is 5. The zero-order valence-corrected chi connectivity index (χ0v) is 32.7. The minimum absolute atomic E-state index is 0.117. The number of ether oxygens (including phenoxy) is 1. The van der Waals surface area contributed by atoms with E-state index in [9.17, 15) is 14.0 Å². The number of amides is 2. The Hall–Kier alpha value is -8.45. The monoisotopic (exact) mass is 813 g/mol. The molecule has 2 aliphatic rings. The van der Waals surface area contributed by atoms with Gasteiger partial charge in [-0.15, -0.1) is 0 Å². The number of benzene rings is 5. The number of carbonyl (C=O) groups excluding carboxylic acids is 2. The third kappa shape index (κ3) is 5.37. The largest absolute Gasteiger partial charge is 0.494 e. The highest BCUT2D eigenvalue weighted by molar-refractivity contribution is 6.06. The number of imidazole rings is 2. The summed E-state index contributed by atoms with van der Waals surface area (Å²) >= 11 is 0. The maximum absolute atomic E-state index is 14.6. The van der Waals surface area contributed by atoms with E-state index in [4.69, 9.17) is 14.7 Å². The maximum atomic E-state index is 14.6. The standard InChI is InChI=1S/C49H32FN9O3/c1-62-40-22-37-35(20-34(40)50)54-46(56-37)32-14-7-13-31-42(32)25-9-3-5-11-27(25)44(31)59-49(61)38-21-36-39(23-53-38)57-47(55-36)33-15-6-12-30-41(33)24-8-2-4-10-26(24)43(30)58-48(60)29-17-19-52-45-28(29)16-18-51-45/h2-23,43-44H,1H3,(H,51,52)(H,54,56)(H,55,57)(H,58,60)(H,59,61). The van der Waals surface area contributed by atoms with Crippen molar-refractivity contribution in [3.8, 4) is 50.8 Å². The van der Waals surface area contributed by atoms with Crippen LogP contribution in [0.5, 0.6) is 5.75 Å². The number of H-pyrrole nitrogens is 3. The van der Waals surface area contributed by atoms with Gasteiger partial charge in [0.15, 0.2) is 11.6 Å². The van der Waals surface area contributed by atoms with Crippen LogP contribution in [0.25, 0.3) is 78.1 Å². The lowest BCUT2D eigenvalue weighted by Gasteiger charge is -2.16. The highest BCUT2D eigenvalue weighted by atomic mass is 19.1. The van der Waals surface area contributed by atoms with Crippen molar-refractivity contribution < 1.29 is 18.7 Å². The lowest BCUT2D eigenvalue weighted by Crippen LogP contribution is -2.28. The van der Waals surface area contributed by atoms with E-state index in [1.807, 2.05) is 84.9 Å². The van der Waals surface area contributed by atoms with Gasteiger partial charge < -0.3 is 30.3 Å². The van der Waals surface area contributed by atoms with E-state index in [0.29, 0.717) is 44.9 Å². The number of aromatic nitrogens is 7. The molecule has 62 heavy (non-hydrogen) atoms. The lowest BCUT2D eigenvalue weighted by atomic mass is 9.98. The van der Waals surface area contributed by atoms with Gasteiger partial charge in [0.1, 0.15) is 23.0 Å². The average Bonchev–Trinajstić information content (AvgIpc) is 4.15. The molecule has 5 aromatic carbocycles. The SMILES string of the molecule is COc1cc2nc(-c3cccc4c3-c3ccccc3C4NC(=O)c3cc4nc(-c5cccc6c5-c5ccccc5C6NC(=O)c5ccnc6[nH]ccc56)[nH]c4cn3)[nH]c2cc1F. The Morgan fingerprint density at radius 1 is 0.645 bits per heavy atom. The van der Waals surface area contributed by atoms with Crippen LogP contribution in [0.3, 0.4) is 0 Å². The molecule has 0 saturated carbocycles. The molecule has 12 nitrogen and oxygen atoms in total. The zero-order valence-electron chi connectivity index (χ0n) is 32.7. The van der Waals surface area contributed by atoms with Gasteiger partial charge in [-0.2, -0.15) is 0 Å². The molecule has 12 rings (SSSR count). The van der Waals surface area contributed by atoms with Crippen LogP contribution in [0.1, 0.15) is 55.2 Å². The van der Waals surface area contributed by atoms with Crippen molar-refractivity contribution in [3.05, 3.63) is 173 Å². The van der Waals surface area contributed by atoms with E-state index in [-0.39, 0.29) is 23.3 Å². The molecule has 10 aromatic rings. The van der Waals surface area contributed by atoms with E-state index >= 15 is 0 Å². The molecule has 5 heterocycles. The predicted octanol–water partition coefficient (Wildman–Crippen LogP) is 9.19. The summed E-state index contributed by atoms with van der Waals surface area (Å²) in [5.41, 5.74) is 13.1. The molecule has 0 fully saturated rings. The summed E-state index contributed by atoms with van der Waals surface area (Å²) in [6.45, 7) is 0. The summed E-state index contributed by atoms with van der Waals surface area (Å²) in [6.07, 6.45) is 5.03. The Kier molecular flexibility index (Phi) is 7.75. The first-order chi connectivity index (χ1) is 30.4. The average molecular weight is 814 g/mol. The fourth-order valence-electron chi connectivity index (χ4n) is 9.25. The molecule has 13 heteroatoms. The van der Waals surface area contributed by atoms with Gasteiger partial charge in [0.2, 0.25) is 0 Å². The van der Waals surface area contributed by atoms with E-state index in [1.165, 1.54) is 13.2 Å². The summed E-state index contributed by atoms with van der Waals surface area (Å²) < 4.78 is 19.8. The van der Waals surface area contributed by atoms with E-state index in [2.05, 4.69) is 41.6 Å². The second kappa shape index (κ2) is 13.5. The molecule has 2 atom stereocenters. The molecule has 5 aromatic heterocycles. The summed E-state index contributed by atoms with van der Waals surface area (Å²) in [7, 11) is 1.42. The zero-order chi connectivity index (χ0) is 41.6. The molecular formula is C49H32FN9O3. The van der Waals surface area contributed by atoms with Crippen LogP contribution in [0.15, 0.2) is 134 Å². The smallest absolute Gasteiger partial charge is 0.270 e. The fourth-order valence-corrected chi connectivity index (χ4v) is 9.25. The summed E-state index contributed by atoms with van der Waals surface area (Å²) in [5, 5.41) is 7.29. The lowest BCUT2D eigenvalue weighted by molar-refractivity contribution is 0.0933. The first-order valence-corrected chi connectivity index (χ1v) is 20.0. The van der Waals surface area contributed by atoms with Gasteiger partial charge in [-0.25, -0.2) is 24.3 Å². The number of pyridine rings is 2. The second-order valence-corrected chi connectivity index (χ2v) is 15.4. The van der Waals surface area contributed by atoms with E-state index in [0.717, 1.165) is 61.0 Å². The summed E-state index contributed by atoms with van der Waals surface area (Å²) in [6, 6.07) is 35.3. The van der Waals surface area contributed by atoms with Gasteiger partial charge in [-0.05, 0) is 62.7 Å². The number of halogens is 1. The normalized spacial score (nSPS) is 14.7. The summed E-state index contributed by atoms with van der Waals surface area (Å²) in [5.74, 6) is 0.255. The topological polar surface area (TPSA) is 166 Å². The van der Waals surface area contributed by atoms with Crippen LogP contribution < -0.4 is 15.4 Å². The Labute approximate surface area is 351 Å². The van der Waals surface area contributed by atoms with Crippen LogP contribution in [-0.4, -0.2) is 53.8 Å². The molecular weight excluding hydrogens is 782 g/mol. The van der Waals surface area contributed by atoms with Gasteiger partial charge in [0.25, 0.3) is 11.8 Å². The quantitative estimate of drug-likeness (QED) is 0.107. The number of carbonyl (C=O) groups is 2. The Balaban J connectivity index is 0.863. The number of aromatic amines is 3. The van der Waals surface area contributed by atoms with Gasteiger partial charge in [0.05, 0.1) is 53.0 Å². The number of rotatable bonds is 7. The second-order valence-electron chi connectivity index (χ2n) is 15.4. The van der Waals surface area contributed by atoms with Crippen LogP contribution in [0.4, 0.5) is 4.39 Å². The number of hydrogen-bond acceptors (Lipinski definition) is 7. The van der Waals surface area contributed by atoms with Crippen molar-refractivity contribution in [2.45, 2.75) is 12.1 Å². The highest BCUT2D eigenvalue weighted by Gasteiger charge is 2.35. The Morgan fingerprint density at radius 3 is 1.92 bits per heavy atom. The van der Waals surface area contributed by atoms with Crippen molar-refractivity contribution in [1.82, 2.24) is 45.5 Å². The fraction of sp³-hybridized carbons (Fsp3) is 0.0612. The minimum atomic E-state index is -0.481. The maximum Gasteiger partial charge on any atom is 0.270 e. The van der Waals surface area contributed by atoms with Crippen molar-refractivity contribution >= 4 is 44.9 Å². The molecule has 0 spiro atoms. The third-order valence-electron chi connectivity index (χ3n) is 12.0. The number of fused-ring (bicyclic) bond motifs is 9.